The van der Waals surface area contributed by atoms with Crippen molar-refractivity contribution in [1.82, 2.24) is 24.4 Å². The molecule has 0 spiro atoms. The molecule has 0 atom stereocenters. The lowest BCUT2D eigenvalue weighted by molar-refractivity contribution is 0.125. The molecule has 0 bridgehead atoms. The summed E-state index contributed by atoms with van der Waals surface area (Å²) in [5.41, 5.74) is 5.71. The molecule has 2 N–H and O–H groups in total. The Bertz CT molecular complexity index is 1430. The second-order valence-corrected chi connectivity index (χ2v) is 10.9. The maximum Gasteiger partial charge on any atom is 0.326 e. The number of fused-ring (bicyclic) bond motifs is 3. The second kappa shape index (κ2) is 10.5. The summed E-state index contributed by atoms with van der Waals surface area (Å²) >= 11 is 0. The van der Waals surface area contributed by atoms with Gasteiger partial charge in [-0.05, 0) is 56.3 Å². The van der Waals surface area contributed by atoms with Crippen LogP contribution in [0.3, 0.4) is 0 Å². The van der Waals surface area contributed by atoms with Gasteiger partial charge in [0.25, 0.3) is 0 Å². The number of aryl methyl sites for hydroxylation is 1. The third kappa shape index (κ3) is 5.34. The highest BCUT2D eigenvalue weighted by atomic mass is 16.5. The van der Waals surface area contributed by atoms with Crippen LogP contribution >= 0.6 is 0 Å². The number of nitrogens with one attached hydrogen (secondary N) is 2. The molecule has 0 radical (unpaired) electrons. The van der Waals surface area contributed by atoms with E-state index in [-0.39, 0.29) is 5.69 Å². The van der Waals surface area contributed by atoms with E-state index in [1.807, 2.05) is 18.3 Å². The molecule has 4 aromatic rings. The van der Waals surface area contributed by atoms with Crippen LogP contribution in [0.15, 0.2) is 41.5 Å². The first-order valence-electron chi connectivity index (χ1n) is 13.4. The summed E-state index contributed by atoms with van der Waals surface area (Å²) in [7, 11) is 1.76. The first-order chi connectivity index (χ1) is 17.9. The molecule has 8 heteroatoms. The van der Waals surface area contributed by atoms with Crippen LogP contribution in [-0.2, 0) is 7.05 Å². The van der Waals surface area contributed by atoms with E-state index in [1.165, 1.54) is 25.9 Å². The molecule has 0 amide bonds. The number of aromatic amines is 1. The van der Waals surface area contributed by atoms with Gasteiger partial charge in [0, 0.05) is 48.9 Å². The predicted octanol–water partition coefficient (Wildman–Crippen LogP) is 5.19. The molecular weight excluding hydrogens is 464 g/mol. The summed E-state index contributed by atoms with van der Waals surface area (Å²) in [6.45, 7) is 11.8. The topological polar surface area (TPSA) is 88.1 Å². The van der Waals surface area contributed by atoms with E-state index in [0.29, 0.717) is 17.9 Å². The first kappa shape index (κ1) is 25.3. The van der Waals surface area contributed by atoms with E-state index in [0.717, 1.165) is 64.7 Å². The van der Waals surface area contributed by atoms with Crippen molar-refractivity contribution in [3.8, 4) is 17.0 Å². The Kier molecular flexibility index (Phi) is 7.20. The van der Waals surface area contributed by atoms with Crippen molar-refractivity contribution in [1.29, 1.82) is 0 Å². The van der Waals surface area contributed by atoms with Crippen molar-refractivity contribution >= 4 is 27.6 Å². The second-order valence-electron chi connectivity index (χ2n) is 10.9. The van der Waals surface area contributed by atoms with Crippen molar-refractivity contribution in [2.75, 3.05) is 38.1 Å². The van der Waals surface area contributed by atoms with Crippen LogP contribution in [-0.4, -0.2) is 57.2 Å². The molecule has 5 rings (SSSR count). The van der Waals surface area contributed by atoms with Gasteiger partial charge in [0.15, 0.2) is 0 Å². The summed E-state index contributed by atoms with van der Waals surface area (Å²) in [5.74, 6) is 0.642. The molecule has 1 saturated heterocycles. The van der Waals surface area contributed by atoms with Crippen molar-refractivity contribution < 1.29 is 4.74 Å². The molecule has 0 aliphatic carbocycles. The highest BCUT2D eigenvalue weighted by molar-refractivity contribution is 6.12. The summed E-state index contributed by atoms with van der Waals surface area (Å²) in [5, 5.41) is 4.50. The molecule has 1 aromatic carbocycles. The van der Waals surface area contributed by atoms with Crippen molar-refractivity contribution in [2.24, 2.45) is 12.5 Å². The molecular formula is C29H38N6O2. The Labute approximate surface area is 218 Å². The number of benzene rings is 1. The number of rotatable bonds is 9. The Morgan fingerprint density at radius 1 is 1.11 bits per heavy atom. The zero-order valence-corrected chi connectivity index (χ0v) is 22.4. The first-order valence-corrected chi connectivity index (χ1v) is 13.4. The standard InChI is InChI=1S/C29H38N6O2/c1-5-13-30-26-21(8-9-22-25(26)27-23(19-31-22)34(4)28(36)33-27)20-7-10-24(32-18-20)37-17-6-14-35-15-11-29(2,3)12-16-35/h7-10,18-19,30H,5-6,11-17H2,1-4H3,(H,33,36). The molecule has 3 aromatic heterocycles. The van der Waals surface area contributed by atoms with Gasteiger partial charge < -0.3 is 19.9 Å². The van der Waals surface area contributed by atoms with Crippen LogP contribution in [0, 0.1) is 5.41 Å². The fourth-order valence-corrected chi connectivity index (χ4v) is 5.10. The fourth-order valence-electron chi connectivity index (χ4n) is 5.10. The zero-order chi connectivity index (χ0) is 26.0. The van der Waals surface area contributed by atoms with Crippen LogP contribution in [0.2, 0.25) is 0 Å². The average Bonchev–Trinajstić information content (AvgIpc) is 3.19. The molecule has 8 nitrogen and oxygen atoms in total. The van der Waals surface area contributed by atoms with Crippen molar-refractivity contribution in [3.63, 3.8) is 0 Å². The highest BCUT2D eigenvalue weighted by Gasteiger charge is 2.24. The number of imidazole rings is 1. The molecule has 0 saturated carbocycles. The Balaban J connectivity index is 1.33. The summed E-state index contributed by atoms with van der Waals surface area (Å²) in [4.78, 5) is 27.1. The average molecular weight is 503 g/mol. The molecule has 1 aliphatic rings. The highest BCUT2D eigenvalue weighted by Crippen LogP contribution is 2.37. The summed E-state index contributed by atoms with van der Waals surface area (Å²) in [6, 6.07) is 8.06. The largest absolute Gasteiger partial charge is 0.478 e. The lowest BCUT2D eigenvalue weighted by atomic mass is 9.83. The minimum atomic E-state index is -0.150. The lowest BCUT2D eigenvalue weighted by Gasteiger charge is -2.36. The van der Waals surface area contributed by atoms with Gasteiger partial charge in [-0.25, -0.2) is 9.78 Å². The van der Waals surface area contributed by atoms with Gasteiger partial charge in [0.05, 0.1) is 35.0 Å². The SMILES string of the molecule is CCCNc1c(-c2ccc(OCCCN3CCC(C)(C)CC3)nc2)ccc2ncc3c([nH]c(=O)n3C)c12. The van der Waals surface area contributed by atoms with E-state index >= 15 is 0 Å². The van der Waals surface area contributed by atoms with Gasteiger partial charge in [0.2, 0.25) is 5.88 Å². The maximum atomic E-state index is 12.4. The van der Waals surface area contributed by atoms with E-state index < -0.39 is 0 Å². The number of hydrogen-bond donors (Lipinski definition) is 2. The van der Waals surface area contributed by atoms with Gasteiger partial charge in [-0.1, -0.05) is 26.8 Å². The number of ether oxygens (including phenoxy) is 1. The van der Waals surface area contributed by atoms with Crippen LogP contribution in [0.4, 0.5) is 5.69 Å². The minimum Gasteiger partial charge on any atom is -0.478 e. The van der Waals surface area contributed by atoms with Gasteiger partial charge in [-0.2, -0.15) is 0 Å². The van der Waals surface area contributed by atoms with Gasteiger partial charge in [-0.3, -0.25) is 9.55 Å². The summed E-state index contributed by atoms with van der Waals surface area (Å²) < 4.78 is 7.56. The number of H-pyrrole nitrogens is 1. The third-order valence-corrected chi connectivity index (χ3v) is 7.59. The molecule has 1 aliphatic heterocycles. The number of pyridine rings is 2. The number of nitrogens with zero attached hydrogens (tertiary/aromatic N) is 4. The molecule has 0 unspecified atom stereocenters. The monoisotopic (exact) mass is 502 g/mol. The molecule has 4 heterocycles. The fraction of sp³-hybridized carbons (Fsp3) is 0.483. The quantitative estimate of drug-likeness (QED) is 0.306. The Morgan fingerprint density at radius 3 is 2.65 bits per heavy atom. The van der Waals surface area contributed by atoms with E-state index in [2.05, 4.69) is 58.1 Å². The zero-order valence-electron chi connectivity index (χ0n) is 22.4. The molecule has 196 valence electrons. The number of anilines is 1. The van der Waals surface area contributed by atoms with Crippen molar-refractivity contribution in [3.05, 3.63) is 47.1 Å². The lowest BCUT2D eigenvalue weighted by Crippen LogP contribution is -2.38. The van der Waals surface area contributed by atoms with E-state index in [1.54, 1.807) is 17.8 Å². The van der Waals surface area contributed by atoms with Crippen LogP contribution in [0.25, 0.3) is 33.1 Å². The van der Waals surface area contributed by atoms with Crippen LogP contribution in [0.1, 0.15) is 46.5 Å². The summed E-state index contributed by atoms with van der Waals surface area (Å²) in [6.07, 6.45) is 8.12. The van der Waals surface area contributed by atoms with E-state index in [9.17, 15) is 4.79 Å². The third-order valence-electron chi connectivity index (χ3n) is 7.59. The van der Waals surface area contributed by atoms with E-state index in [4.69, 9.17) is 4.74 Å². The van der Waals surface area contributed by atoms with Crippen LogP contribution < -0.4 is 15.7 Å². The normalized spacial score (nSPS) is 15.9. The number of piperidine rings is 1. The maximum absolute atomic E-state index is 12.4. The Hall–Kier alpha value is -3.39. The minimum absolute atomic E-state index is 0.150. The van der Waals surface area contributed by atoms with Gasteiger partial charge in [0.1, 0.15) is 0 Å². The predicted molar refractivity (Wildman–Crippen MR) is 150 cm³/mol. The number of hydrogen-bond acceptors (Lipinski definition) is 6. The van der Waals surface area contributed by atoms with Crippen molar-refractivity contribution in [2.45, 2.75) is 46.5 Å². The number of likely N-dealkylation sites (tertiary alicyclic amines) is 1. The smallest absolute Gasteiger partial charge is 0.326 e. The van der Waals surface area contributed by atoms with Crippen LogP contribution in [0.5, 0.6) is 5.88 Å². The molecule has 37 heavy (non-hydrogen) atoms. The number of aromatic nitrogens is 4. The van der Waals surface area contributed by atoms with Gasteiger partial charge in [-0.15, -0.1) is 0 Å². The Morgan fingerprint density at radius 2 is 1.92 bits per heavy atom. The van der Waals surface area contributed by atoms with Gasteiger partial charge >= 0.3 is 5.69 Å². The molecule has 1 fully saturated rings.